The van der Waals surface area contributed by atoms with E-state index in [1.165, 1.54) is 17.5 Å². The first-order valence-electron chi connectivity index (χ1n) is 5.53. The highest BCUT2D eigenvalue weighted by molar-refractivity contribution is 8.02. The molecular formula is C13H21PS. The summed E-state index contributed by atoms with van der Waals surface area (Å²) in [5.74, 6) is 1.87. The molecule has 0 nitrogen and oxygen atoms in total. The minimum absolute atomic E-state index is 0.636. The van der Waals surface area contributed by atoms with Crippen LogP contribution in [0.15, 0.2) is 24.3 Å². The van der Waals surface area contributed by atoms with Crippen LogP contribution in [0.5, 0.6) is 0 Å². The summed E-state index contributed by atoms with van der Waals surface area (Å²) in [6.07, 6.45) is 1.20. The molecule has 1 rings (SSSR count). The Labute approximate surface area is 100 Å². The normalized spacial score (nSPS) is 13.1. The maximum atomic E-state index is 2.84. The Morgan fingerprint density at radius 2 is 1.73 bits per heavy atom. The van der Waals surface area contributed by atoms with Gasteiger partial charge in [-0.2, -0.15) is 0 Å². The van der Waals surface area contributed by atoms with Gasteiger partial charge in [-0.25, -0.2) is 0 Å². The molecule has 0 spiro atoms. The van der Waals surface area contributed by atoms with E-state index in [1.807, 2.05) is 11.8 Å². The van der Waals surface area contributed by atoms with Crippen LogP contribution in [0.2, 0.25) is 0 Å². The monoisotopic (exact) mass is 240 g/mol. The van der Waals surface area contributed by atoms with Crippen molar-refractivity contribution in [3.8, 4) is 0 Å². The van der Waals surface area contributed by atoms with Gasteiger partial charge in [0.05, 0.1) is 0 Å². The van der Waals surface area contributed by atoms with E-state index < -0.39 is 0 Å². The minimum Gasteiger partial charge on any atom is -0.150 e. The van der Waals surface area contributed by atoms with Gasteiger partial charge in [-0.3, -0.25) is 0 Å². The maximum absolute atomic E-state index is 2.84. The summed E-state index contributed by atoms with van der Waals surface area (Å²) in [6, 6.07) is 8.82. The van der Waals surface area contributed by atoms with Crippen LogP contribution in [0.3, 0.4) is 0 Å². The minimum atomic E-state index is 0.636. The molecule has 0 heterocycles. The van der Waals surface area contributed by atoms with Crippen molar-refractivity contribution in [3.63, 3.8) is 0 Å². The summed E-state index contributed by atoms with van der Waals surface area (Å²) in [7, 11) is 2.84. The third kappa shape index (κ3) is 5.04. The van der Waals surface area contributed by atoms with E-state index in [-0.39, 0.29) is 0 Å². The quantitative estimate of drug-likeness (QED) is 0.690. The Morgan fingerprint density at radius 1 is 1.13 bits per heavy atom. The van der Waals surface area contributed by atoms with Gasteiger partial charge in [0.15, 0.2) is 0 Å². The molecule has 0 saturated heterocycles. The van der Waals surface area contributed by atoms with Crippen molar-refractivity contribution in [1.29, 1.82) is 0 Å². The van der Waals surface area contributed by atoms with E-state index in [1.54, 1.807) is 0 Å². The van der Waals surface area contributed by atoms with Gasteiger partial charge in [-0.15, -0.1) is 21.0 Å². The molecule has 1 aromatic carbocycles. The Morgan fingerprint density at radius 3 is 2.27 bits per heavy atom. The van der Waals surface area contributed by atoms with Crippen LogP contribution >= 0.6 is 21.0 Å². The Kier molecular flexibility index (Phi) is 5.71. The van der Waals surface area contributed by atoms with Crippen LogP contribution < -0.4 is 0 Å². The van der Waals surface area contributed by atoms with Crippen molar-refractivity contribution >= 4 is 21.0 Å². The van der Waals surface area contributed by atoms with Crippen molar-refractivity contribution in [3.05, 3.63) is 35.4 Å². The molecule has 2 unspecified atom stereocenters. The van der Waals surface area contributed by atoms with Crippen LogP contribution in [-0.4, -0.2) is 4.99 Å². The number of rotatable bonds is 5. The summed E-state index contributed by atoms with van der Waals surface area (Å²) in [5, 5.41) is 0. The molecule has 84 valence electrons. The lowest BCUT2D eigenvalue weighted by Crippen LogP contribution is -1.99. The second kappa shape index (κ2) is 6.55. The topological polar surface area (TPSA) is 0 Å². The molecule has 0 aliphatic heterocycles. The fraction of sp³-hybridized carbons (Fsp3) is 0.538. The van der Waals surface area contributed by atoms with Crippen molar-refractivity contribution < 1.29 is 0 Å². The van der Waals surface area contributed by atoms with Gasteiger partial charge in [0.2, 0.25) is 0 Å². The van der Waals surface area contributed by atoms with Crippen LogP contribution in [0.1, 0.15) is 31.9 Å². The van der Waals surface area contributed by atoms with Crippen molar-refractivity contribution in [2.24, 2.45) is 5.92 Å². The van der Waals surface area contributed by atoms with E-state index in [4.69, 9.17) is 0 Å². The molecule has 0 fully saturated rings. The number of hydrogen-bond acceptors (Lipinski definition) is 1. The summed E-state index contributed by atoms with van der Waals surface area (Å²) in [6.45, 7) is 6.78. The smallest absolute Gasteiger partial charge is 0.0193 e. The molecule has 0 saturated carbocycles. The zero-order chi connectivity index (χ0) is 11.3. The van der Waals surface area contributed by atoms with Crippen LogP contribution in [0.4, 0.5) is 0 Å². The van der Waals surface area contributed by atoms with E-state index in [2.05, 4.69) is 54.3 Å². The highest BCUT2D eigenvalue weighted by Crippen LogP contribution is 2.24. The SMILES string of the molecule is CC(C)Cc1ccccc1CSC(C)P. The lowest BCUT2D eigenvalue weighted by Gasteiger charge is -2.12. The predicted molar refractivity (Wildman–Crippen MR) is 75.5 cm³/mol. The Balaban J connectivity index is 2.68. The predicted octanol–water partition coefficient (Wildman–Crippen LogP) is 4.34. The molecule has 0 radical (unpaired) electrons. The lowest BCUT2D eigenvalue weighted by atomic mass is 9.99. The van der Waals surface area contributed by atoms with Crippen LogP contribution in [0, 0.1) is 5.92 Å². The van der Waals surface area contributed by atoms with E-state index in [0.29, 0.717) is 4.99 Å². The number of benzene rings is 1. The van der Waals surface area contributed by atoms with Gasteiger partial charge in [0.1, 0.15) is 0 Å². The van der Waals surface area contributed by atoms with E-state index in [9.17, 15) is 0 Å². The maximum Gasteiger partial charge on any atom is 0.0193 e. The average molecular weight is 240 g/mol. The van der Waals surface area contributed by atoms with Gasteiger partial charge >= 0.3 is 0 Å². The van der Waals surface area contributed by atoms with Crippen molar-refractivity contribution in [2.75, 3.05) is 0 Å². The van der Waals surface area contributed by atoms with Crippen molar-refractivity contribution in [1.82, 2.24) is 0 Å². The van der Waals surface area contributed by atoms with E-state index >= 15 is 0 Å². The summed E-state index contributed by atoms with van der Waals surface area (Å²) in [4.78, 5) is 0.636. The molecule has 2 atom stereocenters. The van der Waals surface area contributed by atoms with Gasteiger partial charge in [0.25, 0.3) is 0 Å². The second-order valence-corrected chi connectivity index (χ2v) is 7.23. The third-order valence-corrected chi connectivity index (χ3v) is 3.83. The number of hydrogen-bond donors (Lipinski definition) is 0. The van der Waals surface area contributed by atoms with Crippen LogP contribution in [0.25, 0.3) is 0 Å². The zero-order valence-electron chi connectivity index (χ0n) is 9.86. The summed E-state index contributed by atoms with van der Waals surface area (Å²) in [5.41, 5.74) is 3.02. The Bertz CT molecular complexity index is 294. The molecule has 2 heteroatoms. The largest absolute Gasteiger partial charge is 0.150 e. The third-order valence-electron chi connectivity index (χ3n) is 2.25. The fourth-order valence-electron chi connectivity index (χ4n) is 1.56. The number of thioether (sulfide) groups is 1. The molecule has 0 aromatic heterocycles. The van der Waals surface area contributed by atoms with Gasteiger partial charge < -0.3 is 0 Å². The molecule has 0 aliphatic carbocycles. The van der Waals surface area contributed by atoms with Crippen LogP contribution in [-0.2, 0) is 12.2 Å². The molecule has 0 amide bonds. The standard InChI is InChI=1S/C13H21PS/c1-10(2)8-12-6-4-5-7-13(12)9-15-11(3)14/h4-7,10-11H,8-9,14H2,1-3H3. The zero-order valence-corrected chi connectivity index (χ0v) is 11.8. The first kappa shape index (κ1) is 13.1. The molecule has 1 aromatic rings. The molecule has 15 heavy (non-hydrogen) atoms. The molecule has 0 aliphatic rings. The molecule has 0 bridgehead atoms. The van der Waals surface area contributed by atoms with E-state index in [0.717, 1.165) is 11.7 Å². The second-order valence-electron chi connectivity index (χ2n) is 4.38. The lowest BCUT2D eigenvalue weighted by molar-refractivity contribution is 0.644. The first-order chi connectivity index (χ1) is 7.09. The average Bonchev–Trinajstić information content (AvgIpc) is 2.15. The van der Waals surface area contributed by atoms with Gasteiger partial charge in [0, 0.05) is 10.7 Å². The first-order valence-corrected chi connectivity index (χ1v) is 7.25. The fourth-order valence-corrected chi connectivity index (χ4v) is 2.57. The molecule has 0 N–H and O–H groups in total. The molecular weight excluding hydrogens is 219 g/mol. The van der Waals surface area contributed by atoms with Crippen molar-refractivity contribution in [2.45, 2.75) is 37.9 Å². The summed E-state index contributed by atoms with van der Waals surface area (Å²) < 4.78 is 0. The highest BCUT2D eigenvalue weighted by Gasteiger charge is 2.05. The summed E-state index contributed by atoms with van der Waals surface area (Å²) >= 11 is 1.99. The van der Waals surface area contributed by atoms with Gasteiger partial charge in [-0.1, -0.05) is 38.1 Å². The Hall–Kier alpha value is -0.0000000000000000555. The van der Waals surface area contributed by atoms with Gasteiger partial charge in [-0.05, 0) is 30.4 Å². The highest BCUT2D eigenvalue weighted by atomic mass is 32.2.